The molecule has 0 saturated carbocycles. The van der Waals surface area contributed by atoms with E-state index in [0.29, 0.717) is 28.7 Å². The summed E-state index contributed by atoms with van der Waals surface area (Å²) in [5, 5.41) is 9.73. The highest BCUT2D eigenvalue weighted by Gasteiger charge is 2.17. The van der Waals surface area contributed by atoms with E-state index in [4.69, 9.17) is 14.3 Å². The molecule has 148 valence electrons. The van der Waals surface area contributed by atoms with Gasteiger partial charge in [0.25, 0.3) is 0 Å². The zero-order valence-corrected chi connectivity index (χ0v) is 17.0. The smallest absolute Gasteiger partial charge is 0.344 e. The van der Waals surface area contributed by atoms with E-state index >= 15 is 0 Å². The third-order valence-corrected chi connectivity index (χ3v) is 5.63. The predicted octanol–water partition coefficient (Wildman–Crippen LogP) is 5.82. The Kier molecular flexibility index (Phi) is 6.20. The molecular weight excluding hydrogens is 352 g/mol. The molecule has 1 N–H and O–H groups in total. The van der Waals surface area contributed by atoms with Crippen LogP contribution in [-0.4, -0.2) is 11.9 Å². The number of fused-ring (bicyclic) bond motifs is 1. The van der Waals surface area contributed by atoms with Gasteiger partial charge in [-0.05, 0) is 59.6 Å². The Bertz CT molecular complexity index is 1020. The SMILES string of the molecule is CCC(C)c1ccc(-c2cc3ccc(OCO)cc3oc2=O)c(C(C)CC)c1. The zero-order valence-electron chi connectivity index (χ0n) is 17.0. The summed E-state index contributed by atoms with van der Waals surface area (Å²) in [4.78, 5) is 12.8. The fourth-order valence-corrected chi connectivity index (χ4v) is 3.44. The van der Waals surface area contributed by atoms with Crippen LogP contribution in [0.5, 0.6) is 5.75 Å². The maximum Gasteiger partial charge on any atom is 0.344 e. The van der Waals surface area contributed by atoms with Crippen molar-refractivity contribution in [2.45, 2.75) is 52.4 Å². The van der Waals surface area contributed by atoms with Crippen molar-refractivity contribution in [3.8, 4) is 16.9 Å². The van der Waals surface area contributed by atoms with Gasteiger partial charge in [0.15, 0.2) is 6.79 Å². The molecule has 2 aromatic carbocycles. The van der Waals surface area contributed by atoms with E-state index in [1.807, 2.05) is 12.1 Å². The molecule has 0 bridgehead atoms. The number of hydrogen-bond donors (Lipinski definition) is 1. The molecule has 4 nitrogen and oxygen atoms in total. The maximum absolute atomic E-state index is 12.8. The topological polar surface area (TPSA) is 59.7 Å². The first-order chi connectivity index (χ1) is 13.5. The number of ether oxygens (including phenoxy) is 1. The standard InChI is InChI=1S/C24H28O4/c1-5-15(3)17-8-10-20(21(11-17)16(4)6-2)22-12-18-7-9-19(27-14-25)13-23(18)28-24(22)26/h7-13,15-16,25H,5-6,14H2,1-4H3. The molecule has 28 heavy (non-hydrogen) atoms. The Morgan fingerprint density at radius 1 is 0.964 bits per heavy atom. The van der Waals surface area contributed by atoms with Crippen LogP contribution in [0.2, 0.25) is 0 Å². The lowest BCUT2D eigenvalue weighted by Gasteiger charge is -2.19. The second-order valence-corrected chi connectivity index (χ2v) is 7.39. The first kappa shape index (κ1) is 20.2. The van der Waals surface area contributed by atoms with Crippen LogP contribution in [-0.2, 0) is 0 Å². The normalized spacial score (nSPS) is 13.5. The van der Waals surface area contributed by atoms with Gasteiger partial charge < -0.3 is 14.3 Å². The summed E-state index contributed by atoms with van der Waals surface area (Å²) in [5.74, 6) is 1.29. The van der Waals surface area contributed by atoms with Crippen LogP contribution in [0, 0.1) is 0 Å². The third-order valence-electron chi connectivity index (χ3n) is 5.63. The Hall–Kier alpha value is -2.59. The van der Waals surface area contributed by atoms with Gasteiger partial charge in [-0.3, -0.25) is 0 Å². The van der Waals surface area contributed by atoms with Gasteiger partial charge in [0.05, 0.1) is 5.56 Å². The first-order valence-electron chi connectivity index (χ1n) is 9.94. The molecule has 1 aromatic heterocycles. The minimum Gasteiger partial charge on any atom is -0.468 e. The molecule has 0 spiro atoms. The van der Waals surface area contributed by atoms with Crippen molar-refractivity contribution in [2.24, 2.45) is 0 Å². The van der Waals surface area contributed by atoms with Crippen molar-refractivity contribution in [3.63, 3.8) is 0 Å². The van der Waals surface area contributed by atoms with Crippen LogP contribution in [0.3, 0.4) is 0 Å². The second-order valence-electron chi connectivity index (χ2n) is 7.39. The quantitative estimate of drug-likeness (QED) is 0.415. The molecule has 2 atom stereocenters. The molecule has 0 saturated heterocycles. The van der Waals surface area contributed by atoms with Gasteiger partial charge in [-0.1, -0.05) is 45.9 Å². The van der Waals surface area contributed by atoms with Crippen molar-refractivity contribution >= 4 is 11.0 Å². The maximum atomic E-state index is 12.8. The van der Waals surface area contributed by atoms with Crippen molar-refractivity contribution in [2.75, 3.05) is 6.79 Å². The highest BCUT2D eigenvalue weighted by atomic mass is 16.6. The molecular formula is C24H28O4. The van der Waals surface area contributed by atoms with E-state index < -0.39 is 6.79 Å². The molecule has 0 fully saturated rings. The van der Waals surface area contributed by atoms with E-state index in [1.165, 1.54) is 11.1 Å². The number of rotatable bonds is 7. The lowest BCUT2D eigenvalue weighted by Crippen LogP contribution is -2.07. The van der Waals surface area contributed by atoms with Gasteiger partial charge in [-0.2, -0.15) is 0 Å². The van der Waals surface area contributed by atoms with E-state index in [2.05, 4.69) is 45.9 Å². The van der Waals surface area contributed by atoms with Crippen LogP contribution < -0.4 is 10.4 Å². The van der Waals surface area contributed by atoms with Crippen molar-refractivity contribution in [3.05, 3.63) is 64.0 Å². The van der Waals surface area contributed by atoms with E-state index in [0.717, 1.165) is 23.8 Å². The molecule has 0 aliphatic rings. The molecule has 4 heteroatoms. The van der Waals surface area contributed by atoms with Gasteiger partial charge >= 0.3 is 5.63 Å². The van der Waals surface area contributed by atoms with Crippen LogP contribution >= 0.6 is 0 Å². The highest BCUT2D eigenvalue weighted by Crippen LogP contribution is 2.34. The zero-order chi connectivity index (χ0) is 20.3. The fraction of sp³-hybridized carbons (Fsp3) is 0.375. The fourth-order valence-electron chi connectivity index (χ4n) is 3.44. The minimum absolute atomic E-state index is 0.342. The van der Waals surface area contributed by atoms with Crippen molar-refractivity contribution in [1.82, 2.24) is 0 Å². The number of aliphatic hydroxyl groups excluding tert-OH is 1. The summed E-state index contributed by atoms with van der Waals surface area (Å²) in [6.45, 7) is 8.35. The Morgan fingerprint density at radius 3 is 2.39 bits per heavy atom. The predicted molar refractivity (Wildman–Crippen MR) is 113 cm³/mol. The Labute approximate surface area is 165 Å². The van der Waals surface area contributed by atoms with Gasteiger partial charge in [-0.25, -0.2) is 4.79 Å². The number of hydrogen-bond acceptors (Lipinski definition) is 4. The van der Waals surface area contributed by atoms with E-state index in [9.17, 15) is 4.79 Å². The molecule has 1 heterocycles. The Balaban J connectivity index is 2.16. The molecule has 0 aliphatic heterocycles. The molecule has 0 amide bonds. The monoisotopic (exact) mass is 380 g/mol. The van der Waals surface area contributed by atoms with Crippen LogP contribution in [0.4, 0.5) is 0 Å². The van der Waals surface area contributed by atoms with E-state index in [1.54, 1.807) is 12.1 Å². The van der Waals surface area contributed by atoms with Crippen LogP contribution in [0.25, 0.3) is 22.1 Å². The largest absolute Gasteiger partial charge is 0.468 e. The first-order valence-corrected chi connectivity index (χ1v) is 9.94. The summed E-state index contributed by atoms with van der Waals surface area (Å²) in [7, 11) is 0. The van der Waals surface area contributed by atoms with Gasteiger partial charge in [-0.15, -0.1) is 0 Å². The van der Waals surface area contributed by atoms with Crippen LogP contribution in [0.15, 0.2) is 51.7 Å². The summed E-state index contributed by atoms with van der Waals surface area (Å²) < 4.78 is 10.7. The minimum atomic E-state index is -0.422. The molecule has 3 aromatic rings. The van der Waals surface area contributed by atoms with Gasteiger partial charge in [0.2, 0.25) is 0 Å². The lowest BCUT2D eigenvalue weighted by atomic mass is 9.86. The lowest BCUT2D eigenvalue weighted by molar-refractivity contribution is 0.0986. The number of aliphatic hydroxyl groups is 1. The van der Waals surface area contributed by atoms with Crippen molar-refractivity contribution < 1.29 is 14.3 Å². The van der Waals surface area contributed by atoms with E-state index in [-0.39, 0.29) is 5.63 Å². The van der Waals surface area contributed by atoms with Gasteiger partial charge in [0.1, 0.15) is 11.3 Å². The van der Waals surface area contributed by atoms with Crippen LogP contribution in [0.1, 0.15) is 63.5 Å². The summed E-state index contributed by atoms with van der Waals surface area (Å²) >= 11 is 0. The highest BCUT2D eigenvalue weighted by molar-refractivity contribution is 5.83. The average Bonchev–Trinajstić information content (AvgIpc) is 2.72. The molecule has 0 radical (unpaired) electrons. The third kappa shape index (κ3) is 3.97. The molecule has 2 unspecified atom stereocenters. The molecule has 3 rings (SSSR count). The second kappa shape index (κ2) is 8.61. The van der Waals surface area contributed by atoms with Crippen molar-refractivity contribution in [1.29, 1.82) is 0 Å². The number of benzene rings is 2. The summed E-state index contributed by atoms with van der Waals surface area (Å²) in [6.07, 6.45) is 2.08. The summed E-state index contributed by atoms with van der Waals surface area (Å²) in [5.41, 5.74) is 4.09. The van der Waals surface area contributed by atoms with Gasteiger partial charge in [0, 0.05) is 11.5 Å². The molecule has 0 aliphatic carbocycles. The average molecular weight is 380 g/mol. The Morgan fingerprint density at radius 2 is 1.71 bits per heavy atom. The summed E-state index contributed by atoms with van der Waals surface area (Å²) in [6, 6.07) is 13.5.